The van der Waals surface area contributed by atoms with Crippen molar-refractivity contribution >= 4 is 23.2 Å². The molecule has 0 radical (unpaired) electrons. The van der Waals surface area contributed by atoms with Crippen molar-refractivity contribution in [2.45, 2.75) is 6.42 Å². The Morgan fingerprint density at radius 2 is 1.77 bits per heavy atom. The molecule has 0 bridgehead atoms. The van der Waals surface area contributed by atoms with E-state index in [2.05, 4.69) is 15.6 Å². The third-order valence-corrected chi connectivity index (χ3v) is 4.21. The Kier molecular flexibility index (Phi) is 6.59. The van der Waals surface area contributed by atoms with Gasteiger partial charge in [-0.25, -0.2) is 4.39 Å². The molecule has 0 unspecified atom stereocenters. The lowest BCUT2D eigenvalue weighted by atomic mass is 10.1. The molecule has 0 saturated carbocycles. The highest BCUT2D eigenvalue weighted by Crippen LogP contribution is 2.37. The van der Waals surface area contributed by atoms with E-state index in [9.17, 15) is 14.0 Å². The fraction of sp³-hybridized carbons (Fsp3) is 0.136. The molecule has 2 aromatic carbocycles. The monoisotopic (exact) mass is 409 g/mol. The largest absolute Gasteiger partial charge is 0.493 e. The average Bonchev–Trinajstić information content (AvgIpc) is 2.73. The number of pyridine rings is 1. The van der Waals surface area contributed by atoms with Crippen molar-refractivity contribution in [1.82, 2.24) is 4.98 Å². The molecule has 0 atom stereocenters. The van der Waals surface area contributed by atoms with Gasteiger partial charge < -0.3 is 20.1 Å². The number of nitrogens with zero attached hydrogens (tertiary/aromatic N) is 1. The number of anilines is 2. The summed E-state index contributed by atoms with van der Waals surface area (Å²) < 4.78 is 24.1. The van der Waals surface area contributed by atoms with Gasteiger partial charge in [-0.3, -0.25) is 14.6 Å². The molecule has 0 saturated heterocycles. The summed E-state index contributed by atoms with van der Waals surface area (Å²) in [5.74, 6) is -0.717. The van der Waals surface area contributed by atoms with Crippen molar-refractivity contribution in [2.24, 2.45) is 0 Å². The van der Waals surface area contributed by atoms with E-state index in [1.807, 2.05) is 0 Å². The van der Waals surface area contributed by atoms with Crippen molar-refractivity contribution in [1.29, 1.82) is 0 Å². The highest BCUT2D eigenvalue weighted by Gasteiger charge is 2.18. The van der Waals surface area contributed by atoms with Crippen LogP contribution in [0.25, 0.3) is 0 Å². The molecule has 2 amide bonds. The van der Waals surface area contributed by atoms with E-state index in [1.165, 1.54) is 44.6 Å². The maximum atomic E-state index is 13.4. The number of amides is 2. The van der Waals surface area contributed by atoms with E-state index in [0.717, 1.165) is 5.56 Å². The zero-order chi connectivity index (χ0) is 21.5. The van der Waals surface area contributed by atoms with Crippen LogP contribution in [0.2, 0.25) is 0 Å². The van der Waals surface area contributed by atoms with Gasteiger partial charge in [0.1, 0.15) is 5.82 Å². The van der Waals surface area contributed by atoms with Crippen LogP contribution in [-0.2, 0) is 11.2 Å². The summed E-state index contributed by atoms with van der Waals surface area (Å²) >= 11 is 0. The van der Waals surface area contributed by atoms with E-state index in [4.69, 9.17) is 9.47 Å². The van der Waals surface area contributed by atoms with E-state index in [0.29, 0.717) is 5.69 Å². The van der Waals surface area contributed by atoms with Gasteiger partial charge in [0.05, 0.1) is 26.3 Å². The number of rotatable bonds is 7. The van der Waals surface area contributed by atoms with Crippen LogP contribution in [0.5, 0.6) is 11.5 Å². The summed E-state index contributed by atoms with van der Waals surface area (Å²) in [4.78, 5) is 29.1. The zero-order valence-corrected chi connectivity index (χ0v) is 16.4. The first-order valence-electron chi connectivity index (χ1n) is 9.02. The first kappa shape index (κ1) is 20.8. The van der Waals surface area contributed by atoms with Crippen LogP contribution in [0.3, 0.4) is 0 Å². The Bertz CT molecular complexity index is 1060. The Labute approximate surface area is 172 Å². The standard InChI is InChI=1S/C22H20FN3O4/c1-29-19-12-15(22(28)25-17-5-3-4-16(23)13-17)11-18(21(19)30-2)26-20(27)10-14-6-8-24-9-7-14/h3-9,11-13H,10H2,1-2H3,(H,25,28)(H,26,27). The maximum absolute atomic E-state index is 13.4. The molecule has 154 valence electrons. The molecule has 30 heavy (non-hydrogen) atoms. The summed E-state index contributed by atoms with van der Waals surface area (Å²) in [7, 11) is 2.86. The predicted octanol–water partition coefficient (Wildman–Crippen LogP) is 3.67. The molecule has 7 nitrogen and oxygen atoms in total. The molecule has 0 aliphatic heterocycles. The SMILES string of the molecule is COc1cc(C(=O)Nc2cccc(F)c2)cc(NC(=O)Cc2ccncc2)c1OC. The second kappa shape index (κ2) is 9.51. The highest BCUT2D eigenvalue weighted by atomic mass is 19.1. The van der Waals surface area contributed by atoms with Gasteiger partial charge in [0.15, 0.2) is 11.5 Å². The molecule has 2 N–H and O–H groups in total. The van der Waals surface area contributed by atoms with Crippen LogP contribution in [0, 0.1) is 5.82 Å². The molecular weight excluding hydrogens is 389 g/mol. The lowest BCUT2D eigenvalue weighted by Crippen LogP contribution is -2.17. The molecule has 0 aliphatic rings. The Morgan fingerprint density at radius 3 is 2.43 bits per heavy atom. The van der Waals surface area contributed by atoms with Crippen LogP contribution >= 0.6 is 0 Å². The second-order valence-corrected chi connectivity index (χ2v) is 6.30. The minimum atomic E-state index is -0.494. The van der Waals surface area contributed by atoms with Crippen molar-refractivity contribution in [3.8, 4) is 11.5 Å². The Morgan fingerprint density at radius 1 is 1.00 bits per heavy atom. The van der Waals surface area contributed by atoms with Crippen LogP contribution in [0.15, 0.2) is 60.9 Å². The maximum Gasteiger partial charge on any atom is 0.255 e. The van der Waals surface area contributed by atoms with Crippen LogP contribution in [-0.4, -0.2) is 31.0 Å². The molecule has 1 heterocycles. The predicted molar refractivity (Wildman–Crippen MR) is 110 cm³/mol. The first-order chi connectivity index (χ1) is 14.5. The van der Waals surface area contributed by atoms with Crippen molar-refractivity contribution in [2.75, 3.05) is 24.9 Å². The molecule has 0 aliphatic carbocycles. The summed E-state index contributed by atoms with van der Waals surface area (Å²) in [5.41, 5.74) is 1.57. The number of carbonyl (C=O) groups is 2. The number of hydrogen-bond donors (Lipinski definition) is 2. The van der Waals surface area contributed by atoms with E-state index >= 15 is 0 Å². The molecule has 8 heteroatoms. The lowest BCUT2D eigenvalue weighted by Gasteiger charge is -2.16. The van der Waals surface area contributed by atoms with Crippen LogP contribution in [0.4, 0.5) is 15.8 Å². The van der Waals surface area contributed by atoms with Crippen molar-refractivity contribution in [3.05, 3.63) is 77.9 Å². The van der Waals surface area contributed by atoms with Crippen LogP contribution in [0.1, 0.15) is 15.9 Å². The zero-order valence-electron chi connectivity index (χ0n) is 16.4. The van der Waals surface area contributed by atoms with Gasteiger partial charge >= 0.3 is 0 Å². The van der Waals surface area contributed by atoms with Gasteiger partial charge in [0.2, 0.25) is 5.91 Å². The van der Waals surface area contributed by atoms with Crippen molar-refractivity contribution in [3.63, 3.8) is 0 Å². The Hall–Kier alpha value is -3.94. The molecule has 3 rings (SSSR count). The minimum absolute atomic E-state index is 0.119. The van der Waals surface area contributed by atoms with E-state index in [-0.39, 0.29) is 35.1 Å². The highest BCUT2D eigenvalue weighted by molar-refractivity contribution is 6.06. The fourth-order valence-electron chi connectivity index (χ4n) is 2.84. The molecular formula is C22H20FN3O4. The molecule has 3 aromatic rings. The van der Waals surface area contributed by atoms with Crippen molar-refractivity contribution < 1.29 is 23.5 Å². The minimum Gasteiger partial charge on any atom is -0.493 e. The van der Waals surface area contributed by atoms with Gasteiger partial charge in [0, 0.05) is 23.6 Å². The third kappa shape index (κ3) is 5.11. The number of halogens is 1. The third-order valence-electron chi connectivity index (χ3n) is 4.21. The second-order valence-electron chi connectivity index (χ2n) is 6.30. The van der Waals surface area contributed by atoms with Gasteiger partial charge in [-0.2, -0.15) is 0 Å². The van der Waals surface area contributed by atoms with E-state index < -0.39 is 11.7 Å². The number of methoxy groups -OCH3 is 2. The van der Waals surface area contributed by atoms with Gasteiger partial charge in [-0.05, 0) is 48.0 Å². The number of nitrogens with one attached hydrogen (secondary N) is 2. The molecule has 0 spiro atoms. The van der Waals surface area contributed by atoms with Gasteiger partial charge in [0.25, 0.3) is 5.91 Å². The van der Waals surface area contributed by atoms with Gasteiger partial charge in [-0.15, -0.1) is 0 Å². The fourth-order valence-corrected chi connectivity index (χ4v) is 2.84. The normalized spacial score (nSPS) is 10.2. The molecule has 0 fully saturated rings. The number of carbonyl (C=O) groups excluding carboxylic acids is 2. The summed E-state index contributed by atoms with van der Waals surface area (Å²) in [6.45, 7) is 0. The van der Waals surface area contributed by atoms with E-state index in [1.54, 1.807) is 30.6 Å². The number of benzene rings is 2. The molecule has 1 aromatic heterocycles. The summed E-state index contributed by atoms with van der Waals surface area (Å²) in [6, 6.07) is 12.0. The van der Waals surface area contributed by atoms with Gasteiger partial charge in [-0.1, -0.05) is 6.07 Å². The first-order valence-corrected chi connectivity index (χ1v) is 9.02. The number of aromatic nitrogens is 1. The average molecular weight is 409 g/mol. The number of hydrogen-bond acceptors (Lipinski definition) is 5. The topological polar surface area (TPSA) is 89.6 Å². The quantitative estimate of drug-likeness (QED) is 0.622. The Balaban J connectivity index is 1.86. The summed E-state index contributed by atoms with van der Waals surface area (Å²) in [5, 5.41) is 5.36. The number of ether oxygens (including phenoxy) is 2. The smallest absolute Gasteiger partial charge is 0.255 e. The summed E-state index contributed by atoms with van der Waals surface area (Å²) in [6.07, 6.45) is 3.32. The van der Waals surface area contributed by atoms with Crippen LogP contribution < -0.4 is 20.1 Å². The lowest BCUT2D eigenvalue weighted by molar-refractivity contribution is -0.115.